The SMILES string of the molecule is COC[C@]1(C)Nc2c(cnc3[nH]cc(C(O)c4ccc(Oc5cc(Cl)cc(C)n5)cc4Cl)c23)NC1=O. The minimum absolute atomic E-state index is 0.151. The van der Waals surface area contributed by atoms with Crippen LogP contribution in [0.5, 0.6) is 11.6 Å². The first-order chi connectivity index (χ1) is 17.2. The molecule has 1 unspecified atom stereocenters. The Kier molecular flexibility index (Phi) is 6.25. The lowest BCUT2D eigenvalue weighted by Gasteiger charge is -2.35. The Balaban J connectivity index is 1.50. The largest absolute Gasteiger partial charge is 0.439 e. The molecule has 0 bridgehead atoms. The number of fused-ring (bicyclic) bond motifs is 3. The first kappa shape index (κ1) is 24.3. The molecular weight excluding hydrogens is 505 g/mol. The number of H-pyrrole nitrogens is 1. The number of ether oxygens (including phenoxy) is 2. The van der Waals surface area contributed by atoms with E-state index in [9.17, 15) is 9.90 Å². The number of nitrogens with one attached hydrogen (secondary N) is 3. The van der Waals surface area contributed by atoms with E-state index in [1.807, 2.05) is 6.92 Å². The summed E-state index contributed by atoms with van der Waals surface area (Å²) in [4.78, 5) is 24.4. The van der Waals surface area contributed by atoms with Gasteiger partial charge in [-0.15, -0.1) is 0 Å². The average molecular weight is 528 g/mol. The molecule has 0 fully saturated rings. The van der Waals surface area contributed by atoms with Crippen LogP contribution in [0.2, 0.25) is 10.0 Å². The second kappa shape index (κ2) is 9.25. The van der Waals surface area contributed by atoms with Crippen LogP contribution in [0.3, 0.4) is 0 Å². The van der Waals surface area contributed by atoms with Gasteiger partial charge in [0.1, 0.15) is 23.0 Å². The number of aryl methyl sites for hydroxylation is 1. The van der Waals surface area contributed by atoms with Crippen molar-refractivity contribution in [3.05, 3.63) is 69.6 Å². The maximum absolute atomic E-state index is 12.6. The Morgan fingerprint density at radius 2 is 2.00 bits per heavy atom. The first-order valence-corrected chi connectivity index (χ1v) is 11.8. The lowest BCUT2D eigenvalue weighted by molar-refractivity contribution is -0.121. The molecule has 0 saturated heterocycles. The molecule has 5 rings (SSSR count). The number of methoxy groups -OCH3 is 1. The van der Waals surface area contributed by atoms with Gasteiger partial charge >= 0.3 is 0 Å². The van der Waals surface area contributed by atoms with Crippen molar-refractivity contribution in [2.45, 2.75) is 25.5 Å². The van der Waals surface area contributed by atoms with Gasteiger partial charge in [-0.05, 0) is 32.0 Å². The molecule has 2 atom stereocenters. The highest BCUT2D eigenvalue weighted by atomic mass is 35.5. The fourth-order valence-corrected chi connectivity index (χ4v) is 4.80. The van der Waals surface area contributed by atoms with Gasteiger partial charge < -0.3 is 30.2 Å². The van der Waals surface area contributed by atoms with E-state index in [2.05, 4.69) is 25.6 Å². The summed E-state index contributed by atoms with van der Waals surface area (Å²) < 4.78 is 11.1. The van der Waals surface area contributed by atoms with Crippen LogP contribution in [-0.2, 0) is 9.53 Å². The van der Waals surface area contributed by atoms with E-state index >= 15 is 0 Å². The van der Waals surface area contributed by atoms with E-state index in [0.717, 1.165) is 5.69 Å². The molecule has 0 aliphatic carbocycles. The van der Waals surface area contributed by atoms with E-state index in [-0.39, 0.29) is 12.5 Å². The number of aliphatic hydroxyl groups excluding tert-OH is 1. The minimum Gasteiger partial charge on any atom is -0.439 e. The molecule has 4 heterocycles. The number of hydrogen-bond donors (Lipinski definition) is 4. The van der Waals surface area contributed by atoms with Crippen molar-refractivity contribution in [1.29, 1.82) is 0 Å². The van der Waals surface area contributed by atoms with Gasteiger partial charge in [0.15, 0.2) is 0 Å². The summed E-state index contributed by atoms with van der Waals surface area (Å²) in [6, 6.07) is 8.32. The summed E-state index contributed by atoms with van der Waals surface area (Å²) in [6.45, 7) is 3.71. The van der Waals surface area contributed by atoms with Crippen LogP contribution in [0.25, 0.3) is 11.0 Å². The normalized spacial score (nSPS) is 17.9. The molecule has 1 aromatic carbocycles. The van der Waals surface area contributed by atoms with E-state index in [0.29, 0.717) is 55.2 Å². The van der Waals surface area contributed by atoms with Crippen LogP contribution in [0.15, 0.2) is 42.7 Å². The number of aromatic amines is 1. The molecule has 1 amide bonds. The number of benzene rings is 1. The van der Waals surface area contributed by atoms with Crippen LogP contribution in [0, 0.1) is 6.92 Å². The lowest BCUT2D eigenvalue weighted by Crippen LogP contribution is -2.53. The fraction of sp³-hybridized carbons (Fsp3) is 0.240. The Labute approximate surface area is 216 Å². The third-order valence-corrected chi connectivity index (χ3v) is 6.54. The van der Waals surface area contributed by atoms with Gasteiger partial charge in [-0.2, -0.15) is 0 Å². The highest BCUT2D eigenvalue weighted by Crippen LogP contribution is 2.42. The highest BCUT2D eigenvalue weighted by molar-refractivity contribution is 6.31. The van der Waals surface area contributed by atoms with Gasteiger partial charge in [-0.1, -0.05) is 29.3 Å². The summed E-state index contributed by atoms with van der Waals surface area (Å²) in [5.41, 5.74) is 2.42. The number of pyridine rings is 2. The van der Waals surface area contributed by atoms with E-state index in [1.54, 1.807) is 49.6 Å². The molecular formula is C25H23Cl2N5O4. The number of anilines is 2. The molecule has 1 aliphatic rings. The van der Waals surface area contributed by atoms with E-state index in [1.165, 1.54) is 7.11 Å². The Morgan fingerprint density at radius 3 is 2.72 bits per heavy atom. The zero-order valence-electron chi connectivity index (χ0n) is 19.6. The van der Waals surface area contributed by atoms with Crippen LogP contribution >= 0.6 is 23.2 Å². The number of amides is 1. The van der Waals surface area contributed by atoms with Gasteiger partial charge in [-0.25, -0.2) is 9.97 Å². The van der Waals surface area contributed by atoms with Crippen LogP contribution in [0.1, 0.15) is 29.8 Å². The number of hydrogen-bond acceptors (Lipinski definition) is 7. The van der Waals surface area contributed by atoms with Crippen molar-refractivity contribution < 1.29 is 19.4 Å². The fourth-order valence-electron chi connectivity index (χ4n) is 4.27. The lowest BCUT2D eigenvalue weighted by atomic mass is 9.95. The molecule has 0 saturated carbocycles. The van der Waals surface area contributed by atoms with Gasteiger partial charge in [0, 0.05) is 41.2 Å². The number of carbonyl (C=O) groups is 1. The summed E-state index contributed by atoms with van der Waals surface area (Å²) in [5, 5.41) is 19.0. The van der Waals surface area contributed by atoms with Crippen molar-refractivity contribution in [2.75, 3.05) is 24.4 Å². The Morgan fingerprint density at radius 1 is 1.19 bits per heavy atom. The van der Waals surface area contributed by atoms with Crippen molar-refractivity contribution in [3.8, 4) is 11.6 Å². The van der Waals surface area contributed by atoms with Crippen LogP contribution in [0.4, 0.5) is 11.4 Å². The van der Waals surface area contributed by atoms with E-state index in [4.69, 9.17) is 32.7 Å². The molecule has 36 heavy (non-hydrogen) atoms. The average Bonchev–Trinajstić information content (AvgIpc) is 3.24. The zero-order valence-corrected chi connectivity index (χ0v) is 21.2. The van der Waals surface area contributed by atoms with Crippen molar-refractivity contribution >= 4 is 51.5 Å². The molecule has 186 valence electrons. The monoisotopic (exact) mass is 527 g/mol. The number of aliphatic hydroxyl groups is 1. The Hall–Kier alpha value is -3.37. The predicted molar refractivity (Wildman–Crippen MR) is 138 cm³/mol. The number of nitrogens with zero attached hydrogens (tertiary/aromatic N) is 2. The molecule has 1 aliphatic heterocycles. The third kappa shape index (κ3) is 4.35. The first-order valence-electron chi connectivity index (χ1n) is 11.1. The summed E-state index contributed by atoms with van der Waals surface area (Å²) in [6.07, 6.45) is 2.15. The number of aromatic nitrogens is 3. The Bertz CT molecular complexity index is 1470. The maximum atomic E-state index is 12.6. The smallest absolute Gasteiger partial charge is 0.252 e. The van der Waals surface area contributed by atoms with Gasteiger partial charge in [0.2, 0.25) is 5.88 Å². The molecule has 3 aromatic heterocycles. The van der Waals surface area contributed by atoms with Gasteiger partial charge in [-0.3, -0.25) is 4.79 Å². The molecule has 4 N–H and O–H groups in total. The highest BCUT2D eigenvalue weighted by Gasteiger charge is 2.39. The topological polar surface area (TPSA) is 121 Å². The second-order valence-electron chi connectivity index (χ2n) is 8.81. The van der Waals surface area contributed by atoms with Crippen molar-refractivity contribution in [2.24, 2.45) is 0 Å². The second-order valence-corrected chi connectivity index (χ2v) is 9.66. The van der Waals surface area contributed by atoms with Crippen LogP contribution in [-0.4, -0.2) is 45.2 Å². The summed E-state index contributed by atoms with van der Waals surface area (Å²) >= 11 is 12.7. The van der Waals surface area contributed by atoms with Crippen LogP contribution < -0.4 is 15.4 Å². The zero-order chi connectivity index (χ0) is 25.6. The molecule has 11 heteroatoms. The maximum Gasteiger partial charge on any atom is 0.252 e. The molecule has 4 aromatic rings. The van der Waals surface area contributed by atoms with Crippen molar-refractivity contribution in [3.63, 3.8) is 0 Å². The number of rotatable bonds is 6. The molecule has 9 nitrogen and oxygen atoms in total. The van der Waals surface area contributed by atoms with Gasteiger partial charge in [0.25, 0.3) is 5.91 Å². The minimum atomic E-state index is -1.09. The summed E-state index contributed by atoms with van der Waals surface area (Å²) in [7, 11) is 1.53. The van der Waals surface area contributed by atoms with Gasteiger partial charge in [0.05, 0.1) is 34.6 Å². The van der Waals surface area contributed by atoms with E-state index < -0.39 is 11.6 Å². The van der Waals surface area contributed by atoms with Crippen molar-refractivity contribution in [1.82, 2.24) is 15.0 Å². The predicted octanol–water partition coefficient (Wildman–Crippen LogP) is 5.22. The standard InChI is InChI=1S/C25H23Cl2N5O4/c1-12-6-13(26)7-19(30-12)36-14-4-5-15(17(27)8-14)22(33)16-9-28-23-20(16)21-18(10-29-23)31-24(34)25(2,32-21)11-35-3/h4-10,22,32-33H,11H2,1-3H3,(H,28,29)(H,31,34)/t22?,25-/m0/s1. The number of carbonyl (C=O) groups excluding carboxylic acids is 1. The quantitative estimate of drug-likeness (QED) is 0.271. The third-order valence-electron chi connectivity index (χ3n) is 5.99. The number of halogens is 2. The molecule has 0 spiro atoms. The molecule has 0 radical (unpaired) electrons. The summed E-state index contributed by atoms with van der Waals surface area (Å²) in [5.74, 6) is 0.549.